The molecule has 94 valence electrons. The molecule has 1 rings (SSSR count). The van der Waals surface area contributed by atoms with Crippen molar-refractivity contribution in [3.8, 4) is 0 Å². The van der Waals surface area contributed by atoms with Gasteiger partial charge in [-0.2, -0.15) is 0 Å². The Bertz CT molecular complexity index is 450. The minimum atomic E-state index is -1.20. The van der Waals surface area contributed by atoms with E-state index in [1.165, 1.54) is 10.6 Å². The summed E-state index contributed by atoms with van der Waals surface area (Å²) in [5.41, 5.74) is 0.0591. The summed E-state index contributed by atoms with van der Waals surface area (Å²) < 4.78 is 6.72. The third-order valence-corrected chi connectivity index (χ3v) is 2.43. The second-order valence-electron chi connectivity index (χ2n) is 3.76. The Morgan fingerprint density at radius 1 is 1.41 bits per heavy atom. The predicted octanol–water partition coefficient (Wildman–Crippen LogP) is 1.28. The van der Waals surface area contributed by atoms with Crippen molar-refractivity contribution >= 4 is 5.97 Å². The van der Waals surface area contributed by atoms with Gasteiger partial charge in [0.25, 0.3) is 5.56 Å². The number of carboxylic acids is 1. The molecule has 0 aliphatic rings. The molecule has 0 saturated heterocycles. The van der Waals surface area contributed by atoms with Crippen molar-refractivity contribution < 1.29 is 14.6 Å². The van der Waals surface area contributed by atoms with E-state index in [9.17, 15) is 9.59 Å². The van der Waals surface area contributed by atoms with E-state index in [0.29, 0.717) is 19.8 Å². The Kier molecular flexibility index (Phi) is 4.90. The van der Waals surface area contributed by atoms with Crippen LogP contribution in [0.1, 0.15) is 29.4 Å². The minimum absolute atomic E-state index is 0.203. The molecule has 5 heteroatoms. The van der Waals surface area contributed by atoms with Crippen molar-refractivity contribution in [2.45, 2.75) is 26.8 Å². The molecule has 1 N–H and O–H groups in total. The Hall–Kier alpha value is -1.62. The minimum Gasteiger partial charge on any atom is -0.477 e. The van der Waals surface area contributed by atoms with Crippen molar-refractivity contribution in [1.82, 2.24) is 4.57 Å². The van der Waals surface area contributed by atoms with Gasteiger partial charge in [0.2, 0.25) is 0 Å². The summed E-state index contributed by atoms with van der Waals surface area (Å²) in [6.07, 6.45) is 0.920. The van der Waals surface area contributed by atoms with Gasteiger partial charge in [0.05, 0.1) is 6.61 Å². The van der Waals surface area contributed by atoms with Crippen molar-refractivity contribution in [3.05, 3.63) is 33.7 Å². The van der Waals surface area contributed by atoms with Gasteiger partial charge in [0.15, 0.2) is 0 Å². The van der Waals surface area contributed by atoms with Crippen LogP contribution in [0.3, 0.4) is 0 Å². The fraction of sp³-hybridized carbons (Fsp3) is 0.500. The number of carbonyl (C=O) groups is 1. The Morgan fingerprint density at radius 3 is 2.71 bits per heavy atom. The number of ether oxygens (including phenoxy) is 1. The second kappa shape index (κ2) is 6.20. The number of carboxylic acid groups (broad SMARTS) is 1. The second-order valence-corrected chi connectivity index (χ2v) is 3.76. The molecule has 0 saturated carbocycles. The van der Waals surface area contributed by atoms with Crippen LogP contribution in [-0.4, -0.2) is 28.9 Å². The van der Waals surface area contributed by atoms with Crippen LogP contribution in [0.2, 0.25) is 0 Å². The number of aromatic carboxylic acids is 1. The summed E-state index contributed by atoms with van der Waals surface area (Å²) in [6.45, 7) is 5.21. The molecule has 0 fully saturated rings. The Labute approximate surface area is 99.6 Å². The monoisotopic (exact) mass is 239 g/mol. The summed E-state index contributed by atoms with van der Waals surface area (Å²) in [7, 11) is 0. The summed E-state index contributed by atoms with van der Waals surface area (Å²) in [4.78, 5) is 22.6. The van der Waals surface area contributed by atoms with E-state index < -0.39 is 11.5 Å². The number of aromatic nitrogens is 1. The Morgan fingerprint density at radius 2 is 2.12 bits per heavy atom. The molecule has 0 unspecified atom stereocenters. The Balaban J connectivity index is 2.87. The highest BCUT2D eigenvalue weighted by Gasteiger charge is 2.11. The summed E-state index contributed by atoms with van der Waals surface area (Å²) in [5, 5.41) is 8.85. The third-order valence-electron chi connectivity index (χ3n) is 2.43. The topological polar surface area (TPSA) is 68.5 Å². The van der Waals surface area contributed by atoms with Crippen molar-refractivity contribution in [2.24, 2.45) is 0 Å². The van der Waals surface area contributed by atoms with Gasteiger partial charge in [-0.25, -0.2) is 4.79 Å². The number of hydrogen-bond acceptors (Lipinski definition) is 3. The van der Waals surface area contributed by atoms with E-state index in [1.807, 2.05) is 6.92 Å². The normalized spacial score (nSPS) is 10.5. The summed E-state index contributed by atoms with van der Waals surface area (Å²) in [6, 6.07) is 2.97. The van der Waals surface area contributed by atoms with Gasteiger partial charge < -0.3 is 14.4 Å². The summed E-state index contributed by atoms with van der Waals surface area (Å²) >= 11 is 0. The van der Waals surface area contributed by atoms with Gasteiger partial charge in [-0.1, -0.05) is 6.92 Å². The number of hydrogen-bond donors (Lipinski definition) is 1. The lowest BCUT2D eigenvalue weighted by Gasteiger charge is -2.10. The van der Waals surface area contributed by atoms with E-state index in [2.05, 4.69) is 0 Å². The van der Waals surface area contributed by atoms with Crippen LogP contribution in [0.25, 0.3) is 0 Å². The van der Waals surface area contributed by atoms with Gasteiger partial charge in [0.1, 0.15) is 5.56 Å². The van der Waals surface area contributed by atoms with Gasteiger partial charge in [-0.3, -0.25) is 4.79 Å². The lowest BCUT2D eigenvalue weighted by Crippen LogP contribution is -2.29. The number of rotatable bonds is 6. The highest BCUT2D eigenvalue weighted by atomic mass is 16.5. The zero-order chi connectivity index (χ0) is 12.8. The first-order chi connectivity index (χ1) is 8.07. The maximum absolute atomic E-state index is 11.8. The molecular formula is C12H17NO4. The molecule has 0 spiro atoms. The standard InChI is InChI=1S/C12H17NO4/c1-3-7-17-8-6-13-9(2)4-5-10(11(13)14)12(15)16/h4-5H,3,6-8H2,1-2H3,(H,15,16). The SMILES string of the molecule is CCCOCCn1c(C)ccc(C(=O)O)c1=O. The molecule has 5 nitrogen and oxygen atoms in total. The predicted molar refractivity (Wildman–Crippen MR) is 63.5 cm³/mol. The summed E-state index contributed by atoms with van der Waals surface area (Å²) in [5.74, 6) is -1.20. The number of pyridine rings is 1. The lowest BCUT2D eigenvalue weighted by atomic mass is 10.2. The maximum atomic E-state index is 11.8. The quantitative estimate of drug-likeness (QED) is 0.759. The molecule has 0 bridgehead atoms. The molecule has 0 aromatic carbocycles. The zero-order valence-corrected chi connectivity index (χ0v) is 10.1. The molecule has 0 amide bonds. The third kappa shape index (κ3) is 3.42. The average Bonchev–Trinajstić information content (AvgIpc) is 2.27. The fourth-order valence-corrected chi connectivity index (χ4v) is 1.51. The van der Waals surface area contributed by atoms with Gasteiger partial charge >= 0.3 is 5.97 Å². The number of aryl methyl sites for hydroxylation is 1. The van der Waals surface area contributed by atoms with Crippen LogP contribution in [0.5, 0.6) is 0 Å². The maximum Gasteiger partial charge on any atom is 0.341 e. The largest absolute Gasteiger partial charge is 0.477 e. The molecule has 1 aromatic rings. The average molecular weight is 239 g/mol. The molecule has 17 heavy (non-hydrogen) atoms. The molecule has 0 atom stereocenters. The first-order valence-electron chi connectivity index (χ1n) is 5.59. The molecule has 1 aromatic heterocycles. The highest BCUT2D eigenvalue weighted by molar-refractivity contribution is 5.87. The number of nitrogens with zero attached hydrogens (tertiary/aromatic N) is 1. The molecule has 0 aliphatic heterocycles. The van der Waals surface area contributed by atoms with Crippen molar-refractivity contribution in [1.29, 1.82) is 0 Å². The van der Waals surface area contributed by atoms with Crippen LogP contribution >= 0.6 is 0 Å². The van der Waals surface area contributed by atoms with E-state index in [4.69, 9.17) is 9.84 Å². The van der Waals surface area contributed by atoms with Crippen molar-refractivity contribution in [2.75, 3.05) is 13.2 Å². The smallest absolute Gasteiger partial charge is 0.341 e. The van der Waals surface area contributed by atoms with Crippen LogP contribution in [0, 0.1) is 6.92 Å². The highest BCUT2D eigenvalue weighted by Crippen LogP contribution is 1.99. The van der Waals surface area contributed by atoms with E-state index in [0.717, 1.165) is 12.1 Å². The molecular weight excluding hydrogens is 222 g/mol. The van der Waals surface area contributed by atoms with Gasteiger partial charge in [0, 0.05) is 18.8 Å². The van der Waals surface area contributed by atoms with Crippen LogP contribution in [0.4, 0.5) is 0 Å². The fourth-order valence-electron chi connectivity index (χ4n) is 1.51. The van der Waals surface area contributed by atoms with Gasteiger partial charge in [-0.15, -0.1) is 0 Å². The molecule has 1 heterocycles. The van der Waals surface area contributed by atoms with Crippen LogP contribution < -0.4 is 5.56 Å². The van der Waals surface area contributed by atoms with E-state index in [-0.39, 0.29) is 5.56 Å². The first-order valence-corrected chi connectivity index (χ1v) is 5.59. The molecule has 0 radical (unpaired) electrons. The van der Waals surface area contributed by atoms with Gasteiger partial charge in [-0.05, 0) is 25.5 Å². The lowest BCUT2D eigenvalue weighted by molar-refractivity contribution is 0.0693. The van der Waals surface area contributed by atoms with Crippen LogP contribution in [0.15, 0.2) is 16.9 Å². The molecule has 0 aliphatic carbocycles. The first kappa shape index (κ1) is 13.4. The van der Waals surface area contributed by atoms with Crippen molar-refractivity contribution in [3.63, 3.8) is 0 Å². The van der Waals surface area contributed by atoms with Crippen LogP contribution in [-0.2, 0) is 11.3 Å². The van der Waals surface area contributed by atoms with E-state index in [1.54, 1.807) is 13.0 Å². The van der Waals surface area contributed by atoms with E-state index >= 15 is 0 Å². The zero-order valence-electron chi connectivity index (χ0n) is 10.1.